The van der Waals surface area contributed by atoms with Gasteiger partial charge in [0.25, 0.3) is 10.1 Å². The maximum atomic E-state index is 12.5. The van der Waals surface area contributed by atoms with Gasteiger partial charge in [-0.25, -0.2) is 4.79 Å². The summed E-state index contributed by atoms with van der Waals surface area (Å²) in [5, 5.41) is 1.14. The highest BCUT2D eigenvalue weighted by Gasteiger charge is 2.27. The number of carbonyl (C=O) groups is 1. The summed E-state index contributed by atoms with van der Waals surface area (Å²) in [4.78, 5) is 14.2. The number of amides is 1. The van der Waals surface area contributed by atoms with Crippen LogP contribution in [0.1, 0.15) is 32.0 Å². The Morgan fingerprint density at radius 1 is 1.14 bits per heavy atom. The van der Waals surface area contributed by atoms with Gasteiger partial charge in [0.15, 0.2) is 0 Å². The van der Waals surface area contributed by atoms with E-state index >= 15 is 0 Å². The second-order valence-electron chi connectivity index (χ2n) is 8.09. The van der Waals surface area contributed by atoms with Gasteiger partial charge in [-0.2, -0.15) is 8.42 Å². The van der Waals surface area contributed by atoms with E-state index in [1.54, 1.807) is 4.90 Å². The minimum atomic E-state index is -3.48. The first-order chi connectivity index (χ1) is 13.1. The fraction of sp³-hybridized carbons (Fsp3) is 0.550. The van der Waals surface area contributed by atoms with Gasteiger partial charge in [-0.3, -0.25) is 4.18 Å². The van der Waals surface area contributed by atoms with Gasteiger partial charge in [0.1, 0.15) is 5.60 Å². The molecular weight excluding hydrogens is 380 g/mol. The number of fused-ring (bicyclic) bond motifs is 3. The molecular formula is C20H28N2O5S. The van der Waals surface area contributed by atoms with Crippen molar-refractivity contribution in [2.75, 3.05) is 26.0 Å². The zero-order chi connectivity index (χ0) is 20.5. The summed E-state index contributed by atoms with van der Waals surface area (Å²) in [5.74, 6) is 0. The van der Waals surface area contributed by atoms with Crippen LogP contribution >= 0.6 is 0 Å². The van der Waals surface area contributed by atoms with Crippen molar-refractivity contribution in [2.24, 2.45) is 0 Å². The van der Waals surface area contributed by atoms with Gasteiger partial charge in [0.2, 0.25) is 0 Å². The van der Waals surface area contributed by atoms with Crippen LogP contribution in [-0.4, -0.2) is 55.5 Å². The number of aromatic nitrogens is 1. The monoisotopic (exact) mass is 408 g/mol. The van der Waals surface area contributed by atoms with Gasteiger partial charge in [-0.1, -0.05) is 18.2 Å². The van der Waals surface area contributed by atoms with Crippen LogP contribution < -0.4 is 0 Å². The number of hydrogen-bond donors (Lipinski definition) is 0. The Morgan fingerprint density at radius 3 is 2.50 bits per heavy atom. The highest BCUT2D eigenvalue weighted by molar-refractivity contribution is 7.85. The number of ether oxygens (including phenoxy) is 1. The second kappa shape index (κ2) is 7.75. The molecule has 0 bridgehead atoms. The summed E-state index contributed by atoms with van der Waals surface area (Å²) < 4.78 is 35.2. The van der Waals surface area contributed by atoms with E-state index in [1.807, 2.05) is 39.0 Å². The number of rotatable bonds is 4. The summed E-state index contributed by atoms with van der Waals surface area (Å²) in [6.07, 6.45) is 2.17. The molecule has 8 heteroatoms. The Morgan fingerprint density at radius 2 is 1.82 bits per heavy atom. The number of benzene rings is 1. The van der Waals surface area contributed by atoms with E-state index in [0.717, 1.165) is 29.3 Å². The first-order valence-electron chi connectivity index (χ1n) is 9.46. The molecule has 0 fully saturated rings. The van der Waals surface area contributed by atoms with Crippen LogP contribution in [-0.2, 0) is 38.4 Å². The Bertz CT molecular complexity index is 972. The van der Waals surface area contributed by atoms with E-state index < -0.39 is 15.7 Å². The Hall–Kier alpha value is -2.06. The molecule has 1 aliphatic heterocycles. The molecule has 0 saturated carbocycles. The van der Waals surface area contributed by atoms with E-state index in [-0.39, 0.29) is 12.7 Å². The summed E-state index contributed by atoms with van der Waals surface area (Å²) in [6, 6.07) is 8.08. The topological polar surface area (TPSA) is 77.8 Å². The van der Waals surface area contributed by atoms with Crippen LogP contribution in [0.25, 0.3) is 10.9 Å². The Kier molecular flexibility index (Phi) is 5.72. The molecule has 0 radical (unpaired) electrons. The lowest BCUT2D eigenvalue weighted by Crippen LogP contribution is -2.38. The molecule has 0 atom stereocenters. The molecule has 2 aromatic rings. The molecule has 2 heterocycles. The van der Waals surface area contributed by atoms with Gasteiger partial charge in [0.05, 0.1) is 12.9 Å². The third-order valence-electron chi connectivity index (χ3n) is 4.71. The maximum absolute atomic E-state index is 12.5. The van der Waals surface area contributed by atoms with Crippen molar-refractivity contribution in [1.29, 1.82) is 0 Å². The average Bonchev–Trinajstić information content (AvgIpc) is 2.73. The fourth-order valence-electron chi connectivity index (χ4n) is 3.64. The highest BCUT2D eigenvalue weighted by Crippen LogP contribution is 2.29. The Balaban J connectivity index is 1.85. The largest absolute Gasteiger partial charge is 0.444 e. The van der Waals surface area contributed by atoms with E-state index in [1.165, 1.54) is 5.56 Å². The van der Waals surface area contributed by atoms with E-state index in [2.05, 4.69) is 10.6 Å². The van der Waals surface area contributed by atoms with E-state index in [4.69, 9.17) is 8.92 Å². The Labute approximate surface area is 166 Å². The van der Waals surface area contributed by atoms with Crippen molar-refractivity contribution < 1.29 is 22.1 Å². The molecule has 3 rings (SSSR count). The molecule has 28 heavy (non-hydrogen) atoms. The zero-order valence-electron chi connectivity index (χ0n) is 16.9. The van der Waals surface area contributed by atoms with Crippen molar-refractivity contribution in [3.63, 3.8) is 0 Å². The molecule has 0 aliphatic carbocycles. The van der Waals surface area contributed by atoms with Gasteiger partial charge in [0, 0.05) is 42.7 Å². The molecule has 0 spiro atoms. The van der Waals surface area contributed by atoms with Crippen molar-refractivity contribution in [3.05, 3.63) is 35.5 Å². The van der Waals surface area contributed by atoms with Crippen molar-refractivity contribution >= 4 is 27.1 Å². The molecule has 7 nitrogen and oxygen atoms in total. The predicted octanol–water partition coefficient (Wildman–Crippen LogP) is 2.95. The van der Waals surface area contributed by atoms with Gasteiger partial charge in [-0.15, -0.1) is 0 Å². The number of carbonyl (C=O) groups excluding carboxylic acids is 1. The van der Waals surface area contributed by atoms with Crippen molar-refractivity contribution in [3.8, 4) is 0 Å². The first kappa shape index (κ1) is 20.7. The van der Waals surface area contributed by atoms with Crippen LogP contribution in [0, 0.1) is 0 Å². The highest BCUT2D eigenvalue weighted by atomic mass is 32.2. The summed E-state index contributed by atoms with van der Waals surface area (Å²) >= 11 is 0. The molecule has 154 valence electrons. The van der Waals surface area contributed by atoms with Crippen LogP contribution in [0.15, 0.2) is 24.3 Å². The number of nitrogens with zero attached hydrogens (tertiary/aromatic N) is 2. The summed E-state index contributed by atoms with van der Waals surface area (Å²) in [7, 11) is -3.48. The van der Waals surface area contributed by atoms with E-state index in [0.29, 0.717) is 26.1 Å². The molecule has 1 aromatic carbocycles. The average molecular weight is 409 g/mol. The van der Waals surface area contributed by atoms with Crippen LogP contribution in [0.5, 0.6) is 0 Å². The maximum Gasteiger partial charge on any atom is 0.410 e. The molecule has 1 aromatic heterocycles. The molecule has 0 saturated heterocycles. The van der Waals surface area contributed by atoms with Crippen LogP contribution in [0.3, 0.4) is 0 Å². The third-order valence-corrected chi connectivity index (χ3v) is 5.30. The second-order valence-corrected chi connectivity index (χ2v) is 9.73. The quantitative estimate of drug-likeness (QED) is 0.727. The zero-order valence-corrected chi connectivity index (χ0v) is 17.7. The lowest BCUT2D eigenvalue weighted by molar-refractivity contribution is 0.0258. The lowest BCUT2D eigenvalue weighted by Gasteiger charge is -2.26. The smallest absolute Gasteiger partial charge is 0.410 e. The molecule has 0 N–H and O–H groups in total. The lowest BCUT2D eigenvalue weighted by atomic mass is 10.1. The first-order valence-corrected chi connectivity index (χ1v) is 11.3. The molecule has 1 amide bonds. The molecule has 1 aliphatic rings. The predicted molar refractivity (Wildman–Crippen MR) is 108 cm³/mol. The van der Waals surface area contributed by atoms with Gasteiger partial charge in [-0.05, 0) is 38.8 Å². The summed E-state index contributed by atoms with van der Waals surface area (Å²) in [6.45, 7) is 7.26. The van der Waals surface area contributed by atoms with Gasteiger partial charge >= 0.3 is 6.09 Å². The van der Waals surface area contributed by atoms with Crippen LogP contribution in [0.4, 0.5) is 4.79 Å². The van der Waals surface area contributed by atoms with E-state index in [9.17, 15) is 13.2 Å². The summed E-state index contributed by atoms with van der Waals surface area (Å²) in [5.41, 5.74) is 2.88. The third kappa shape index (κ3) is 4.86. The number of hydrogen-bond acceptors (Lipinski definition) is 5. The van der Waals surface area contributed by atoms with Crippen LogP contribution in [0.2, 0.25) is 0 Å². The fourth-order valence-corrected chi connectivity index (χ4v) is 4.01. The normalized spacial score (nSPS) is 15.4. The standard InChI is InChI=1S/C20H28N2O5S/c1-20(2,3)27-19(23)21-11-9-16-15-7-5-6-8-17(15)22(18(16)10-12-21)13-14-26-28(4,24)25/h5-8H,9-14H2,1-4H3. The minimum absolute atomic E-state index is 0.0831. The molecule has 0 unspecified atom stereocenters. The minimum Gasteiger partial charge on any atom is -0.444 e. The SMILES string of the molecule is CC(C)(C)OC(=O)N1CCc2c(n(CCOS(C)(=O)=O)c3ccccc23)CC1. The number of para-hydroxylation sites is 1. The van der Waals surface area contributed by atoms with Crippen molar-refractivity contribution in [1.82, 2.24) is 9.47 Å². The van der Waals surface area contributed by atoms with Gasteiger partial charge < -0.3 is 14.2 Å². The van der Waals surface area contributed by atoms with Crippen molar-refractivity contribution in [2.45, 2.75) is 45.8 Å².